The standard InChI is InChI=1S/C12H19N3O2S2/c1-18-8-4-2-3-7(5-8)14-12-15-9(6-19-12)10(13)11(16)17/h6-8,10H,2-5,13H2,1H3,(H,14,15)(H,16,17). The number of thiazole rings is 1. The molecule has 0 radical (unpaired) electrons. The molecular weight excluding hydrogens is 282 g/mol. The third kappa shape index (κ3) is 3.84. The molecule has 0 aliphatic heterocycles. The molecule has 4 N–H and O–H groups in total. The summed E-state index contributed by atoms with van der Waals surface area (Å²) in [5.41, 5.74) is 5.97. The molecule has 1 aliphatic rings. The minimum Gasteiger partial charge on any atom is -0.480 e. The van der Waals surface area contributed by atoms with Gasteiger partial charge >= 0.3 is 5.97 Å². The monoisotopic (exact) mass is 301 g/mol. The van der Waals surface area contributed by atoms with E-state index in [0.29, 0.717) is 17.0 Å². The Morgan fingerprint density at radius 2 is 2.47 bits per heavy atom. The lowest BCUT2D eigenvalue weighted by Gasteiger charge is -2.28. The number of nitrogens with one attached hydrogen (secondary N) is 1. The van der Waals surface area contributed by atoms with Crippen molar-refractivity contribution in [1.82, 2.24) is 4.98 Å². The smallest absolute Gasteiger partial charge is 0.326 e. The molecular formula is C12H19N3O2S2. The predicted octanol–water partition coefficient (Wildman–Crippen LogP) is 2.31. The Labute approximate surface area is 121 Å². The van der Waals surface area contributed by atoms with Gasteiger partial charge in [-0.2, -0.15) is 11.8 Å². The number of hydrogen-bond acceptors (Lipinski definition) is 6. The van der Waals surface area contributed by atoms with E-state index >= 15 is 0 Å². The Morgan fingerprint density at radius 3 is 3.16 bits per heavy atom. The molecule has 2 rings (SSSR count). The number of carbonyl (C=O) groups is 1. The third-order valence-electron chi connectivity index (χ3n) is 3.39. The Hall–Kier alpha value is -0.790. The summed E-state index contributed by atoms with van der Waals surface area (Å²) in [6.07, 6.45) is 6.96. The lowest BCUT2D eigenvalue weighted by atomic mass is 9.95. The molecule has 1 saturated carbocycles. The van der Waals surface area contributed by atoms with E-state index in [2.05, 4.69) is 16.6 Å². The number of nitrogens with zero attached hydrogens (tertiary/aromatic N) is 1. The summed E-state index contributed by atoms with van der Waals surface area (Å²) < 4.78 is 0. The van der Waals surface area contributed by atoms with Gasteiger partial charge in [-0.15, -0.1) is 11.3 Å². The van der Waals surface area contributed by atoms with Crippen LogP contribution in [-0.4, -0.2) is 33.6 Å². The first kappa shape index (κ1) is 14.6. The summed E-state index contributed by atoms with van der Waals surface area (Å²) in [6, 6.07) is -0.594. The fraction of sp³-hybridized carbons (Fsp3) is 0.667. The van der Waals surface area contributed by atoms with Crippen molar-refractivity contribution < 1.29 is 9.90 Å². The summed E-state index contributed by atoms with van der Waals surface area (Å²) in [5, 5.41) is 15.5. The Kier molecular flexibility index (Phi) is 5.06. The molecule has 0 saturated heterocycles. The van der Waals surface area contributed by atoms with Crippen molar-refractivity contribution in [3.63, 3.8) is 0 Å². The molecule has 1 aromatic rings. The van der Waals surface area contributed by atoms with E-state index in [1.807, 2.05) is 11.8 Å². The topological polar surface area (TPSA) is 88.2 Å². The second kappa shape index (κ2) is 6.58. The fourth-order valence-corrected chi connectivity index (χ4v) is 3.94. The minimum absolute atomic E-state index is 0.428. The van der Waals surface area contributed by atoms with Crippen molar-refractivity contribution in [1.29, 1.82) is 0 Å². The van der Waals surface area contributed by atoms with E-state index < -0.39 is 12.0 Å². The van der Waals surface area contributed by atoms with Crippen LogP contribution in [0.2, 0.25) is 0 Å². The van der Waals surface area contributed by atoms with E-state index in [9.17, 15) is 4.79 Å². The molecule has 0 aromatic carbocycles. The van der Waals surface area contributed by atoms with E-state index in [1.165, 1.54) is 24.2 Å². The average molecular weight is 301 g/mol. The van der Waals surface area contributed by atoms with Crippen LogP contribution in [0.4, 0.5) is 5.13 Å². The quantitative estimate of drug-likeness (QED) is 0.773. The molecule has 1 aliphatic carbocycles. The fourth-order valence-electron chi connectivity index (χ4n) is 2.29. The number of thioether (sulfide) groups is 1. The highest BCUT2D eigenvalue weighted by Gasteiger charge is 2.23. The number of aromatic nitrogens is 1. The van der Waals surface area contributed by atoms with Gasteiger partial charge in [0.25, 0.3) is 0 Å². The molecule has 1 heterocycles. The van der Waals surface area contributed by atoms with Gasteiger partial charge in [0.1, 0.15) is 6.04 Å². The molecule has 1 fully saturated rings. The second-order valence-electron chi connectivity index (χ2n) is 4.76. The maximum Gasteiger partial charge on any atom is 0.326 e. The molecule has 0 bridgehead atoms. The van der Waals surface area contributed by atoms with Gasteiger partial charge in [-0.25, -0.2) is 4.98 Å². The lowest BCUT2D eigenvalue weighted by molar-refractivity contribution is -0.138. The van der Waals surface area contributed by atoms with Crippen LogP contribution in [0.3, 0.4) is 0 Å². The zero-order valence-corrected chi connectivity index (χ0v) is 12.5. The van der Waals surface area contributed by atoms with Gasteiger partial charge in [-0.1, -0.05) is 6.42 Å². The minimum atomic E-state index is -1.04. The molecule has 0 amide bonds. The zero-order chi connectivity index (χ0) is 13.8. The van der Waals surface area contributed by atoms with Crippen LogP contribution in [-0.2, 0) is 4.79 Å². The first-order valence-corrected chi connectivity index (χ1v) is 8.50. The van der Waals surface area contributed by atoms with Crippen LogP contribution in [0.25, 0.3) is 0 Å². The van der Waals surface area contributed by atoms with Crippen molar-refractivity contribution in [3.05, 3.63) is 11.1 Å². The zero-order valence-electron chi connectivity index (χ0n) is 10.8. The van der Waals surface area contributed by atoms with Crippen LogP contribution in [0, 0.1) is 0 Å². The second-order valence-corrected chi connectivity index (χ2v) is 6.76. The lowest BCUT2D eigenvalue weighted by Crippen LogP contribution is -2.28. The summed E-state index contributed by atoms with van der Waals surface area (Å²) in [4.78, 5) is 15.1. The van der Waals surface area contributed by atoms with Gasteiger partial charge in [0.05, 0.1) is 5.69 Å². The van der Waals surface area contributed by atoms with Crippen molar-refractivity contribution in [3.8, 4) is 0 Å². The first-order chi connectivity index (χ1) is 9.10. The van der Waals surface area contributed by atoms with Crippen LogP contribution < -0.4 is 11.1 Å². The maximum absolute atomic E-state index is 10.8. The number of carboxylic acids is 1. The van der Waals surface area contributed by atoms with Crippen LogP contribution in [0.5, 0.6) is 0 Å². The molecule has 3 unspecified atom stereocenters. The largest absolute Gasteiger partial charge is 0.480 e. The van der Waals surface area contributed by atoms with Gasteiger partial charge in [0, 0.05) is 16.7 Å². The normalized spacial score (nSPS) is 24.9. The number of anilines is 1. The Morgan fingerprint density at radius 1 is 1.68 bits per heavy atom. The molecule has 0 spiro atoms. The number of carboxylic acid groups (broad SMARTS) is 1. The Bertz CT molecular complexity index is 438. The third-order valence-corrected chi connectivity index (χ3v) is 5.28. The van der Waals surface area contributed by atoms with Crippen molar-refractivity contribution in [2.24, 2.45) is 5.73 Å². The number of nitrogens with two attached hydrogens (primary N) is 1. The average Bonchev–Trinajstić information content (AvgIpc) is 2.86. The highest BCUT2D eigenvalue weighted by Crippen LogP contribution is 2.30. The summed E-state index contributed by atoms with van der Waals surface area (Å²) in [7, 11) is 0. The maximum atomic E-state index is 10.8. The van der Waals surface area contributed by atoms with Crippen LogP contribution in [0.1, 0.15) is 37.4 Å². The molecule has 1 aromatic heterocycles. The van der Waals surface area contributed by atoms with Crippen LogP contribution in [0.15, 0.2) is 5.38 Å². The van der Waals surface area contributed by atoms with E-state index in [4.69, 9.17) is 10.8 Å². The molecule has 106 valence electrons. The summed E-state index contributed by atoms with van der Waals surface area (Å²) >= 11 is 3.34. The first-order valence-electron chi connectivity index (χ1n) is 6.33. The number of hydrogen-bond donors (Lipinski definition) is 3. The van der Waals surface area contributed by atoms with Crippen LogP contribution >= 0.6 is 23.1 Å². The SMILES string of the molecule is CSC1CCCC(Nc2nc(C(N)C(=O)O)cs2)C1. The van der Waals surface area contributed by atoms with E-state index in [0.717, 1.165) is 18.0 Å². The van der Waals surface area contributed by atoms with Crippen molar-refractivity contribution in [2.75, 3.05) is 11.6 Å². The molecule has 19 heavy (non-hydrogen) atoms. The summed E-state index contributed by atoms with van der Waals surface area (Å²) in [6.45, 7) is 0. The van der Waals surface area contributed by atoms with Gasteiger partial charge in [0.15, 0.2) is 5.13 Å². The predicted molar refractivity (Wildman–Crippen MR) is 79.9 cm³/mol. The van der Waals surface area contributed by atoms with Crippen molar-refractivity contribution >= 4 is 34.2 Å². The molecule has 7 heteroatoms. The van der Waals surface area contributed by atoms with Gasteiger partial charge < -0.3 is 16.2 Å². The van der Waals surface area contributed by atoms with E-state index in [1.54, 1.807) is 5.38 Å². The van der Waals surface area contributed by atoms with Gasteiger partial charge in [-0.3, -0.25) is 4.79 Å². The highest BCUT2D eigenvalue weighted by atomic mass is 32.2. The molecule has 5 nitrogen and oxygen atoms in total. The Balaban J connectivity index is 1.94. The van der Waals surface area contributed by atoms with Gasteiger partial charge in [0.2, 0.25) is 0 Å². The van der Waals surface area contributed by atoms with E-state index in [-0.39, 0.29) is 0 Å². The number of aliphatic carboxylic acids is 1. The molecule has 3 atom stereocenters. The number of rotatable bonds is 5. The van der Waals surface area contributed by atoms with Crippen molar-refractivity contribution in [2.45, 2.75) is 43.0 Å². The van der Waals surface area contributed by atoms with Gasteiger partial charge in [-0.05, 0) is 25.5 Å². The highest BCUT2D eigenvalue weighted by molar-refractivity contribution is 7.99. The summed E-state index contributed by atoms with van der Waals surface area (Å²) in [5.74, 6) is -1.04.